The number of hydrogen-bond donors (Lipinski definition) is 5. The molecule has 0 saturated carbocycles. The summed E-state index contributed by atoms with van der Waals surface area (Å²) >= 11 is 0. The van der Waals surface area contributed by atoms with Crippen LogP contribution in [0.15, 0.2) is 0 Å². The van der Waals surface area contributed by atoms with Crippen LogP contribution in [0.5, 0.6) is 0 Å². The molecule has 0 aromatic rings. The van der Waals surface area contributed by atoms with E-state index in [9.17, 15) is 28.8 Å². The summed E-state index contributed by atoms with van der Waals surface area (Å²) in [5, 5.41) is 11.7. The zero-order valence-electron chi connectivity index (χ0n) is 64.2. The van der Waals surface area contributed by atoms with E-state index in [2.05, 4.69) is 55.9 Å². The van der Waals surface area contributed by atoms with Gasteiger partial charge in [0, 0.05) is 120 Å². The molecule has 14 atom stereocenters. The highest BCUT2D eigenvalue weighted by molar-refractivity contribution is 5.80. The number of likely N-dealkylation sites (N-methyl/N-ethyl adjacent to an activating group) is 1. The molecule has 572 valence electrons. The molecule has 14 unspecified atom stereocenters. The minimum Gasteiger partial charge on any atom is -0.380 e. The van der Waals surface area contributed by atoms with Crippen molar-refractivity contribution in [1.29, 1.82) is 0 Å². The van der Waals surface area contributed by atoms with Crippen LogP contribution < -0.4 is 27.0 Å². The topological polar surface area (TPSA) is 287 Å². The average Bonchev–Trinajstić information content (AvgIpc) is 0.956. The van der Waals surface area contributed by atoms with Crippen LogP contribution in [0.25, 0.3) is 0 Å². The first-order chi connectivity index (χ1) is 46.0. The molecule has 97 heavy (non-hydrogen) atoms. The van der Waals surface area contributed by atoms with Crippen molar-refractivity contribution in [3.05, 3.63) is 0 Å². The molecule has 23 heteroatoms. The Morgan fingerprint density at radius 1 is 0.351 bits per heavy atom. The fourth-order valence-electron chi connectivity index (χ4n) is 10.1. The van der Waals surface area contributed by atoms with Gasteiger partial charge in [0.1, 0.15) is 23.6 Å². The number of carbonyl (C=O) groups excluding carboxylic acids is 6. The summed E-state index contributed by atoms with van der Waals surface area (Å²) in [6.07, 6.45) is 7.63. The smallest absolute Gasteiger partial charge is 0.221 e. The molecule has 0 heterocycles. The Bertz CT molecular complexity index is 2030. The quantitative estimate of drug-likeness (QED) is 0.0280. The standard InChI is InChI=1S/C74H143N5O18/c1-19-73(51-89-40-58(8)75,49-87-38-57(7)35-69(82)29-23-26-32-72(85)79-66(16)97-47-65(15)96-46-64(14)95-45-63(13)94-44-62(12)93-43-61(11)92-36-54(3)4)48-86-37-56(6)34-68(81)28-22-25-31-71(84)78-60(10)42-91-53-74(20-2,52-90-41-59(9)76-17)50-88-39-55(5)33-67(80)27-21-24-30-70(83)77-18/h54-66,76H,19-53,75H2,1-18H3,(H,77,83)(H,78,84)(H,79,85). The van der Waals surface area contributed by atoms with Crippen molar-refractivity contribution in [2.45, 2.75) is 275 Å². The molecule has 0 spiro atoms. The second-order valence-electron chi connectivity index (χ2n) is 28.9. The Morgan fingerprint density at radius 2 is 0.649 bits per heavy atom. The molecule has 0 rings (SSSR count). The molecular weight excluding hydrogens is 1250 g/mol. The second-order valence-corrected chi connectivity index (χ2v) is 28.9. The lowest BCUT2D eigenvalue weighted by Crippen LogP contribution is -2.41. The first-order valence-electron chi connectivity index (χ1n) is 36.9. The van der Waals surface area contributed by atoms with Crippen molar-refractivity contribution in [3.63, 3.8) is 0 Å². The fraction of sp³-hybridized carbons (Fsp3) is 0.919. The third-order valence-electron chi connectivity index (χ3n) is 16.6. The van der Waals surface area contributed by atoms with E-state index in [1.54, 1.807) is 14.0 Å². The van der Waals surface area contributed by atoms with Gasteiger partial charge in [0.15, 0.2) is 0 Å². The molecule has 23 nitrogen and oxygen atoms in total. The maximum absolute atomic E-state index is 13.1. The number of nitrogens with two attached hydrogens (primary N) is 1. The van der Waals surface area contributed by atoms with Crippen molar-refractivity contribution in [2.75, 3.05) is 133 Å². The van der Waals surface area contributed by atoms with Gasteiger partial charge < -0.3 is 83.8 Å². The van der Waals surface area contributed by atoms with E-state index in [0.717, 1.165) is 12.8 Å². The van der Waals surface area contributed by atoms with Crippen LogP contribution >= 0.6 is 0 Å². The summed E-state index contributed by atoms with van der Waals surface area (Å²) < 4.78 is 72.5. The lowest BCUT2D eigenvalue weighted by atomic mass is 9.87. The summed E-state index contributed by atoms with van der Waals surface area (Å²) in [7, 11) is 3.51. The van der Waals surface area contributed by atoms with Crippen LogP contribution in [0.3, 0.4) is 0 Å². The van der Waals surface area contributed by atoms with Crippen molar-refractivity contribution >= 4 is 35.1 Å². The third kappa shape index (κ3) is 53.4. The number of nitrogens with one attached hydrogen (secondary N) is 4. The Balaban J connectivity index is 4.72. The average molecular weight is 1390 g/mol. The molecule has 0 aromatic carbocycles. The van der Waals surface area contributed by atoms with Crippen molar-refractivity contribution < 1.29 is 85.6 Å². The highest BCUT2D eigenvalue weighted by atomic mass is 16.6. The van der Waals surface area contributed by atoms with E-state index in [-0.39, 0.29) is 101 Å². The molecule has 0 aliphatic rings. The SMILES string of the molecule is CCC(COCC(C)N)(COCC(C)CC(=O)CCCCC(=O)NC(C)COCC(CC)(COCC(C)CC(=O)CCCCC(=O)NC)COCC(C)NC)COCC(C)CC(=O)CCCCC(=O)NC(C)OCC(C)OCC(C)OCC(C)OCC(C)OCC(C)OCC(C)C. The Morgan fingerprint density at radius 3 is 0.979 bits per heavy atom. The highest BCUT2D eigenvalue weighted by Crippen LogP contribution is 2.27. The number of amides is 3. The predicted molar refractivity (Wildman–Crippen MR) is 381 cm³/mol. The van der Waals surface area contributed by atoms with E-state index < -0.39 is 17.1 Å². The molecule has 0 saturated heterocycles. The van der Waals surface area contributed by atoms with Gasteiger partial charge in [-0.25, -0.2) is 0 Å². The number of carbonyl (C=O) groups is 6. The van der Waals surface area contributed by atoms with Gasteiger partial charge in [-0.1, -0.05) is 48.5 Å². The van der Waals surface area contributed by atoms with E-state index in [0.29, 0.717) is 221 Å². The summed E-state index contributed by atoms with van der Waals surface area (Å²) in [6, 6.07) is -0.193. The van der Waals surface area contributed by atoms with E-state index in [4.69, 9.17) is 62.6 Å². The van der Waals surface area contributed by atoms with Gasteiger partial charge in [0.2, 0.25) is 17.7 Å². The summed E-state index contributed by atoms with van der Waals surface area (Å²) in [6.45, 7) is 39.5. The fourth-order valence-corrected chi connectivity index (χ4v) is 10.1. The molecule has 0 aromatic heterocycles. The monoisotopic (exact) mass is 1390 g/mol. The van der Waals surface area contributed by atoms with Crippen LogP contribution in [0.2, 0.25) is 0 Å². The van der Waals surface area contributed by atoms with Crippen LogP contribution in [0.4, 0.5) is 0 Å². The van der Waals surface area contributed by atoms with Gasteiger partial charge in [-0.2, -0.15) is 0 Å². The zero-order chi connectivity index (χ0) is 73.0. The predicted octanol–water partition coefficient (Wildman–Crippen LogP) is 9.71. The number of unbranched alkanes of at least 4 members (excludes halogenated alkanes) is 3. The van der Waals surface area contributed by atoms with Crippen molar-refractivity contribution in [2.24, 2.45) is 40.2 Å². The molecule has 0 aliphatic heterocycles. The second kappa shape index (κ2) is 57.4. The number of Topliss-reactive ketones (excluding diaryl/α,β-unsaturated/α-hetero) is 3. The maximum atomic E-state index is 13.1. The van der Waals surface area contributed by atoms with Gasteiger partial charge in [-0.3, -0.25) is 28.8 Å². The summed E-state index contributed by atoms with van der Waals surface area (Å²) in [4.78, 5) is 75.8. The maximum Gasteiger partial charge on any atom is 0.221 e. The third-order valence-corrected chi connectivity index (χ3v) is 16.6. The number of rotatable bonds is 68. The molecule has 6 N–H and O–H groups in total. The van der Waals surface area contributed by atoms with Crippen LogP contribution in [0, 0.1) is 34.5 Å². The molecule has 3 amide bonds. The molecular formula is C74H143N5O18. The van der Waals surface area contributed by atoms with Crippen LogP contribution in [-0.2, 0) is 85.6 Å². The van der Waals surface area contributed by atoms with Crippen molar-refractivity contribution in [1.82, 2.24) is 21.3 Å². The molecule has 0 radical (unpaired) electrons. The normalized spacial score (nSPS) is 16.9. The first-order valence-corrected chi connectivity index (χ1v) is 36.9. The number of ether oxygens (including phenoxy) is 12. The lowest BCUT2D eigenvalue weighted by Gasteiger charge is -2.33. The summed E-state index contributed by atoms with van der Waals surface area (Å²) in [5.74, 6) is 0.697. The highest BCUT2D eigenvalue weighted by Gasteiger charge is 2.33. The molecule has 0 fully saturated rings. The van der Waals surface area contributed by atoms with Gasteiger partial charge >= 0.3 is 0 Å². The van der Waals surface area contributed by atoms with Gasteiger partial charge in [-0.15, -0.1) is 0 Å². The zero-order valence-corrected chi connectivity index (χ0v) is 64.2. The minimum atomic E-state index is -0.500. The first kappa shape index (κ1) is 93.9. The summed E-state index contributed by atoms with van der Waals surface area (Å²) in [5.41, 5.74) is 5.14. The Hall–Kier alpha value is -3.14. The van der Waals surface area contributed by atoms with E-state index in [1.807, 2.05) is 76.3 Å². The van der Waals surface area contributed by atoms with Crippen LogP contribution in [0.1, 0.15) is 220 Å². The molecule has 0 bridgehead atoms. The Kier molecular flexibility index (Phi) is 55.5. The van der Waals surface area contributed by atoms with Gasteiger partial charge in [-0.05, 0) is 144 Å². The van der Waals surface area contributed by atoms with Gasteiger partial charge in [0.25, 0.3) is 0 Å². The minimum absolute atomic E-state index is 0.0104. The molecule has 0 aliphatic carbocycles. The largest absolute Gasteiger partial charge is 0.380 e. The number of hydrogen-bond acceptors (Lipinski definition) is 20. The lowest BCUT2D eigenvalue weighted by molar-refractivity contribution is -0.128. The number of ketones is 3. The van der Waals surface area contributed by atoms with Crippen LogP contribution in [-0.4, -0.2) is 223 Å². The van der Waals surface area contributed by atoms with E-state index in [1.165, 1.54) is 0 Å². The van der Waals surface area contributed by atoms with Crippen molar-refractivity contribution in [3.8, 4) is 0 Å². The van der Waals surface area contributed by atoms with E-state index >= 15 is 0 Å². The Labute approximate surface area is 587 Å². The van der Waals surface area contributed by atoms with Gasteiger partial charge in [0.05, 0.1) is 123 Å².